The molecule has 0 saturated heterocycles. The largest absolute Gasteiger partial charge is 0.325 e. The second kappa shape index (κ2) is 8.30. The molecule has 0 bridgehead atoms. The Labute approximate surface area is 154 Å². The third-order valence-corrected chi connectivity index (χ3v) is 5.49. The molecule has 26 heavy (non-hydrogen) atoms. The molecule has 1 aromatic carbocycles. The van der Waals surface area contributed by atoms with Gasteiger partial charge in [0.25, 0.3) is 5.69 Å². The minimum Gasteiger partial charge on any atom is -0.325 e. The zero-order valence-corrected chi connectivity index (χ0v) is 15.2. The van der Waals surface area contributed by atoms with Crippen LogP contribution in [-0.2, 0) is 4.79 Å². The number of hydrogen-bond acceptors (Lipinski definition) is 3. The molecule has 5 heteroatoms. The highest BCUT2D eigenvalue weighted by Crippen LogP contribution is 2.52. The zero-order valence-electron chi connectivity index (χ0n) is 15.2. The normalized spacial score (nSPS) is 28.0. The minimum atomic E-state index is -0.433. The number of allylic oxidation sites excluding steroid dienone is 4. The number of carbonyl (C=O) groups excluding carboxylic acids is 1. The van der Waals surface area contributed by atoms with Crippen molar-refractivity contribution in [3.05, 3.63) is 58.2 Å². The van der Waals surface area contributed by atoms with Crippen LogP contribution in [0.25, 0.3) is 0 Å². The van der Waals surface area contributed by atoms with Gasteiger partial charge in [-0.15, -0.1) is 0 Å². The standard InChI is InChI=1S/C21H26N2O3/c1-15-12-13-16(23(25)26)14-19(15)22-21(24)20-17-10-8-6-4-2-3-5-7-9-11-18(17)20/h4-7,12-14,17-18,20H,2-3,8-11H2,1H3,(H,22,24)/b6-4-,7-5+/t17-,18-,20?/m1/s1. The third-order valence-electron chi connectivity index (χ3n) is 5.49. The van der Waals surface area contributed by atoms with Crippen molar-refractivity contribution in [2.45, 2.75) is 45.4 Å². The number of nitrogens with one attached hydrogen (secondary N) is 1. The molecule has 3 rings (SSSR count). The Morgan fingerprint density at radius 2 is 1.62 bits per heavy atom. The molecule has 1 fully saturated rings. The SMILES string of the molecule is Cc1ccc([N+](=O)[O-])cc1NC(=O)C1[C@@H]2CC/C=C\CC/C=C/CC[C@@H]12. The van der Waals surface area contributed by atoms with E-state index in [0.717, 1.165) is 44.1 Å². The van der Waals surface area contributed by atoms with Gasteiger partial charge in [-0.2, -0.15) is 0 Å². The van der Waals surface area contributed by atoms with E-state index in [9.17, 15) is 14.9 Å². The van der Waals surface area contributed by atoms with Crippen molar-refractivity contribution in [2.75, 3.05) is 5.32 Å². The van der Waals surface area contributed by atoms with E-state index in [1.54, 1.807) is 6.07 Å². The molecule has 1 aromatic rings. The van der Waals surface area contributed by atoms with E-state index in [4.69, 9.17) is 0 Å². The number of benzene rings is 1. The Hall–Kier alpha value is -2.43. The number of anilines is 1. The Morgan fingerprint density at radius 3 is 2.19 bits per heavy atom. The summed E-state index contributed by atoms with van der Waals surface area (Å²) in [7, 11) is 0. The van der Waals surface area contributed by atoms with Crippen molar-refractivity contribution < 1.29 is 9.72 Å². The topological polar surface area (TPSA) is 72.2 Å². The molecule has 2 aliphatic rings. The van der Waals surface area contributed by atoms with Crippen LogP contribution in [0.1, 0.15) is 44.1 Å². The van der Waals surface area contributed by atoms with Crippen LogP contribution in [0.15, 0.2) is 42.5 Å². The summed E-state index contributed by atoms with van der Waals surface area (Å²) < 4.78 is 0. The lowest BCUT2D eigenvalue weighted by atomic mass is 10.1. The van der Waals surface area contributed by atoms with Gasteiger partial charge in [0.2, 0.25) is 5.91 Å². The van der Waals surface area contributed by atoms with E-state index in [-0.39, 0.29) is 17.5 Å². The molecule has 0 aromatic heterocycles. The Kier molecular flexibility index (Phi) is 5.86. The number of rotatable bonds is 3. The molecule has 2 aliphatic carbocycles. The maximum absolute atomic E-state index is 12.8. The first kappa shape index (κ1) is 18.4. The average Bonchev–Trinajstić information content (AvgIpc) is 3.29. The molecular formula is C21H26N2O3. The van der Waals surface area contributed by atoms with E-state index in [0.29, 0.717) is 17.5 Å². The molecule has 1 saturated carbocycles. The van der Waals surface area contributed by atoms with Crippen molar-refractivity contribution >= 4 is 17.3 Å². The number of hydrogen-bond donors (Lipinski definition) is 1. The van der Waals surface area contributed by atoms with Gasteiger partial charge < -0.3 is 5.32 Å². The van der Waals surface area contributed by atoms with Gasteiger partial charge >= 0.3 is 0 Å². The van der Waals surface area contributed by atoms with Gasteiger partial charge in [0.05, 0.1) is 10.6 Å². The van der Waals surface area contributed by atoms with Crippen LogP contribution in [0.2, 0.25) is 0 Å². The maximum Gasteiger partial charge on any atom is 0.271 e. The number of nitrogens with zero attached hydrogens (tertiary/aromatic N) is 1. The number of amides is 1. The monoisotopic (exact) mass is 354 g/mol. The van der Waals surface area contributed by atoms with E-state index >= 15 is 0 Å². The Morgan fingerprint density at radius 1 is 1.04 bits per heavy atom. The first-order valence-corrected chi connectivity index (χ1v) is 9.44. The highest BCUT2D eigenvalue weighted by atomic mass is 16.6. The lowest BCUT2D eigenvalue weighted by molar-refractivity contribution is -0.384. The molecule has 1 N–H and O–H groups in total. The molecule has 0 aliphatic heterocycles. The molecule has 0 heterocycles. The summed E-state index contributed by atoms with van der Waals surface area (Å²) >= 11 is 0. The summed E-state index contributed by atoms with van der Waals surface area (Å²) in [5.41, 5.74) is 1.39. The third kappa shape index (κ3) is 4.40. The number of aryl methyl sites for hydroxylation is 1. The smallest absolute Gasteiger partial charge is 0.271 e. The fourth-order valence-electron chi connectivity index (χ4n) is 3.94. The molecule has 0 radical (unpaired) electrons. The summed E-state index contributed by atoms with van der Waals surface area (Å²) in [6.45, 7) is 1.85. The van der Waals surface area contributed by atoms with Crippen molar-refractivity contribution in [1.82, 2.24) is 0 Å². The summed E-state index contributed by atoms with van der Waals surface area (Å²) in [5.74, 6) is 0.876. The van der Waals surface area contributed by atoms with Gasteiger partial charge in [0, 0.05) is 18.1 Å². The quantitative estimate of drug-likeness (QED) is 0.462. The van der Waals surface area contributed by atoms with Gasteiger partial charge in [-0.05, 0) is 62.8 Å². The van der Waals surface area contributed by atoms with Crippen LogP contribution in [0.5, 0.6) is 0 Å². The first-order chi connectivity index (χ1) is 12.6. The highest BCUT2D eigenvalue weighted by Gasteiger charge is 2.52. The fourth-order valence-corrected chi connectivity index (χ4v) is 3.94. The van der Waals surface area contributed by atoms with Crippen LogP contribution < -0.4 is 5.32 Å². The van der Waals surface area contributed by atoms with E-state index in [1.165, 1.54) is 12.1 Å². The van der Waals surface area contributed by atoms with E-state index in [1.807, 2.05) is 6.92 Å². The molecule has 0 spiro atoms. The lowest BCUT2D eigenvalue weighted by Crippen LogP contribution is -2.16. The number of nitro benzene ring substituents is 1. The zero-order chi connectivity index (χ0) is 18.5. The molecule has 138 valence electrons. The molecular weight excluding hydrogens is 328 g/mol. The van der Waals surface area contributed by atoms with Gasteiger partial charge in [-0.1, -0.05) is 30.4 Å². The predicted octanol–water partition coefficient (Wildman–Crippen LogP) is 5.17. The maximum atomic E-state index is 12.8. The van der Waals surface area contributed by atoms with Gasteiger partial charge in [-0.25, -0.2) is 0 Å². The van der Waals surface area contributed by atoms with Crippen LogP contribution in [0, 0.1) is 34.8 Å². The molecule has 1 amide bonds. The number of fused-ring (bicyclic) bond motifs is 1. The fraction of sp³-hybridized carbons (Fsp3) is 0.476. The molecule has 5 nitrogen and oxygen atoms in total. The Balaban J connectivity index is 1.68. The summed E-state index contributed by atoms with van der Waals surface area (Å²) in [6.07, 6.45) is 15.2. The lowest BCUT2D eigenvalue weighted by Gasteiger charge is -2.08. The van der Waals surface area contributed by atoms with Crippen LogP contribution >= 0.6 is 0 Å². The average molecular weight is 354 g/mol. The number of carbonyl (C=O) groups is 1. The van der Waals surface area contributed by atoms with E-state index < -0.39 is 4.92 Å². The number of nitro groups is 1. The van der Waals surface area contributed by atoms with E-state index in [2.05, 4.69) is 29.6 Å². The second-order valence-corrected chi connectivity index (χ2v) is 7.27. The van der Waals surface area contributed by atoms with Crippen LogP contribution in [-0.4, -0.2) is 10.8 Å². The van der Waals surface area contributed by atoms with Gasteiger partial charge in [0.15, 0.2) is 0 Å². The predicted molar refractivity (Wildman–Crippen MR) is 103 cm³/mol. The molecule has 3 atom stereocenters. The van der Waals surface area contributed by atoms with Crippen LogP contribution in [0.3, 0.4) is 0 Å². The first-order valence-electron chi connectivity index (χ1n) is 9.44. The van der Waals surface area contributed by atoms with Gasteiger partial charge in [-0.3, -0.25) is 14.9 Å². The molecule has 1 unspecified atom stereocenters. The second-order valence-electron chi connectivity index (χ2n) is 7.27. The van der Waals surface area contributed by atoms with Gasteiger partial charge in [0.1, 0.15) is 0 Å². The van der Waals surface area contributed by atoms with Crippen molar-refractivity contribution in [3.8, 4) is 0 Å². The van der Waals surface area contributed by atoms with Crippen molar-refractivity contribution in [1.29, 1.82) is 0 Å². The minimum absolute atomic E-state index is 0.00321. The summed E-state index contributed by atoms with van der Waals surface area (Å²) in [5, 5.41) is 13.9. The Bertz CT molecular complexity index is 715. The summed E-state index contributed by atoms with van der Waals surface area (Å²) in [6, 6.07) is 4.60. The summed E-state index contributed by atoms with van der Waals surface area (Å²) in [4.78, 5) is 23.3. The highest BCUT2D eigenvalue weighted by molar-refractivity contribution is 5.95. The van der Waals surface area contributed by atoms with Crippen LogP contribution in [0.4, 0.5) is 11.4 Å². The van der Waals surface area contributed by atoms with Crippen molar-refractivity contribution in [2.24, 2.45) is 17.8 Å². The van der Waals surface area contributed by atoms with Crippen molar-refractivity contribution in [3.63, 3.8) is 0 Å². The number of non-ortho nitro benzene ring substituents is 1.